The quantitative estimate of drug-likeness (QED) is 0.320. The maximum Gasteiger partial charge on any atom is 0.306 e. The molecule has 1 atom stereocenters. The number of carbonyl (C=O) groups is 5. The molecule has 1 spiro atoms. The number of nitrogens with zero attached hydrogens (tertiary/aromatic N) is 3. The number of rotatable bonds is 7. The van der Waals surface area contributed by atoms with E-state index in [2.05, 4.69) is 15.1 Å². The second-order valence-electron chi connectivity index (χ2n) is 12.4. The monoisotopic (exact) mass is 538 g/mol. The van der Waals surface area contributed by atoms with Gasteiger partial charge in [0.2, 0.25) is 11.8 Å². The third-order valence-electron chi connectivity index (χ3n) is 8.26. The van der Waals surface area contributed by atoms with Crippen LogP contribution in [0, 0.1) is 5.41 Å². The van der Waals surface area contributed by atoms with Crippen molar-refractivity contribution in [3.05, 3.63) is 29.3 Å². The molecule has 10 heteroatoms. The molecule has 1 N–H and O–H groups in total. The van der Waals surface area contributed by atoms with Gasteiger partial charge in [0.1, 0.15) is 11.6 Å². The number of amides is 4. The van der Waals surface area contributed by atoms with Crippen molar-refractivity contribution in [3.63, 3.8) is 0 Å². The van der Waals surface area contributed by atoms with Gasteiger partial charge in [-0.1, -0.05) is 0 Å². The highest BCUT2D eigenvalue weighted by molar-refractivity contribution is 6.23. The molecule has 0 bridgehead atoms. The van der Waals surface area contributed by atoms with Gasteiger partial charge in [-0.3, -0.25) is 34.2 Å². The molecule has 4 amide bonds. The van der Waals surface area contributed by atoms with Gasteiger partial charge in [-0.25, -0.2) is 0 Å². The Bertz CT molecular complexity index is 1190. The molecule has 39 heavy (non-hydrogen) atoms. The Morgan fingerprint density at radius 3 is 2.38 bits per heavy atom. The molecule has 1 aromatic carbocycles. The fourth-order valence-electron chi connectivity index (χ4n) is 6.27. The average Bonchev–Trinajstić information content (AvgIpc) is 3.09. The number of imide groups is 2. The molecule has 10 nitrogen and oxygen atoms in total. The number of esters is 1. The molecule has 4 heterocycles. The van der Waals surface area contributed by atoms with E-state index in [4.69, 9.17) is 4.74 Å². The highest BCUT2D eigenvalue weighted by Crippen LogP contribution is 2.42. The Morgan fingerprint density at radius 2 is 1.72 bits per heavy atom. The van der Waals surface area contributed by atoms with Crippen LogP contribution in [0.1, 0.15) is 86.4 Å². The zero-order valence-corrected chi connectivity index (χ0v) is 23.1. The Hall–Kier alpha value is -3.27. The number of ether oxygens (including phenoxy) is 1. The van der Waals surface area contributed by atoms with Crippen molar-refractivity contribution in [3.8, 4) is 0 Å². The summed E-state index contributed by atoms with van der Waals surface area (Å²) >= 11 is 0. The Kier molecular flexibility index (Phi) is 7.26. The molecule has 3 saturated heterocycles. The number of hydrogen-bond acceptors (Lipinski definition) is 8. The van der Waals surface area contributed by atoms with Crippen molar-refractivity contribution < 1.29 is 28.7 Å². The van der Waals surface area contributed by atoms with Crippen LogP contribution in [-0.4, -0.2) is 83.8 Å². The lowest BCUT2D eigenvalue weighted by atomic mass is 9.72. The van der Waals surface area contributed by atoms with E-state index in [9.17, 15) is 24.0 Å². The summed E-state index contributed by atoms with van der Waals surface area (Å²) in [5.74, 6) is -2.06. The van der Waals surface area contributed by atoms with E-state index in [1.165, 1.54) is 0 Å². The van der Waals surface area contributed by atoms with E-state index in [0.29, 0.717) is 23.0 Å². The fourth-order valence-corrected chi connectivity index (χ4v) is 6.27. The van der Waals surface area contributed by atoms with Gasteiger partial charge in [-0.2, -0.15) is 0 Å². The van der Waals surface area contributed by atoms with Gasteiger partial charge in [0, 0.05) is 44.7 Å². The van der Waals surface area contributed by atoms with Gasteiger partial charge >= 0.3 is 5.97 Å². The molecule has 0 aromatic heterocycles. The second kappa shape index (κ2) is 10.4. The van der Waals surface area contributed by atoms with E-state index in [-0.39, 0.29) is 24.7 Å². The second-order valence-corrected chi connectivity index (χ2v) is 12.4. The number of piperidine rings is 2. The number of hydrogen-bond donors (Lipinski definition) is 1. The topological polar surface area (TPSA) is 116 Å². The molecule has 0 saturated carbocycles. The number of anilines is 1. The molecule has 0 aliphatic carbocycles. The highest BCUT2D eigenvalue weighted by atomic mass is 16.6. The SMILES string of the molecule is CC(C)(C)OC(=O)CCCCN1CC2(CCN(c3ccc4c(c3)C(=O)N(C3CCC(=O)NC3=O)C4=O)CC2)C1. The van der Waals surface area contributed by atoms with E-state index < -0.39 is 29.4 Å². The summed E-state index contributed by atoms with van der Waals surface area (Å²) in [6.45, 7) is 10.6. The van der Waals surface area contributed by atoms with Crippen molar-refractivity contribution in [2.75, 3.05) is 37.6 Å². The molecule has 5 rings (SSSR count). The first-order chi connectivity index (χ1) is 18.4. The minimum atomic E-state index is -0.952. The van der Waals surface area contributed by atoms with Crippen molar-refractivity contribution >= 4 is 35.3 Å². The first-order valence-corrected chi connectivity index (χ1v) is 14.0. The number of fused-ring (bicyclic) bond motifs is 1. The van der Waals surface area contributed by atoms with Crippen LogP contribution in [-0.2, 0) is 19.1 Å². The lowest BCUT2D eigenvalue weighted by Crippen LogP contribution is -2.60. The average molecular weight is 539 g/mol. The highest BCUT2D eigenvalue weighted by Gasteiger charge is 2.46. The van der Waals surface area contributed by atoms with E-state index in [1.807, 2.05) is 26.8 Å². The lowest BCUT2D eigenvalue weighted by molar-refractivity contribution is -0.155. The molecule has 1 aromatic rings. The summed E-state index contributed by atoms with van der Waals surface area (Å²) in [5.41, 5.74) is 1.44. The zero-order valence-electron chi connectivity index (χ0n) is 23.1. The van der Waals surface area contributed by atoms with Crippen molar-refractivity contribution in [1.82, 2.24) is 15.1 Å². The summed E-state index contributed by atoms with van der Waals surface area (Å²) in [4.78, 5) is 67.6. The molecule has 210 valence electrons. The smallest absolute Gasteiger partial charge is 0.306 e. The van der Waals surface area contributed by atoms with Crippen LogP contribution < -0.4 is 10.2 Å². The number of carbonyl (C=O) groups excluding carboxylic acids is 5. The summed E-state index contributed by atoms with van der Waals surface area (Å²) in [7, 11) is 0. The largest absolute Gasteiger partial charge is 0.460 e. The van der Waals surface area contributed by atoms with Crippen LogP contribution in [0.4, 0.5) is 5.69 Å². The first kappa shape index (κ1) is 27.3. The van der Waals surface area contributed by atoms with Gasteiger partial charge in [-0.15, -0.1) is 0 Å². The Balaban J connectivity index is 1.10. The molecule has 3 fully saturated rings. The van der Waals surface area contributed by atoms with E-state index in [1.54, 1.807) is 12.1 Å². The minimum Gasteiger partial charge on any atom is -0.460 e. The van der Waals surface area contributed by atoms with Crippen LogP contribution in [0.2, 0.25) is 0 Å². The van der Waals surface area contributed by atoms with Gasteiger partial charge in [0.15, 0.2) is 0 Å². The maximum absolute atomic E-state index is 13.2. The number of benzene rings is 1. The molecule has 4 aliphatic heterocycles. The normalized spacial score (nSPS) is 23.1. The molecule has 4 aliphatic rings. The summed E-state index contributed by atoms with van der Waals surface area (Å²) in [5, 5.41) is 2.23. The standard InChI is InChI=1S/C29H38N4O6/c1-28(2,3)39-24(35)6-4-5-13-31-17-29(18-31)11-14-32(15-12-29)19-7-8-20-21(16-19)27(38)33(26(20)37)22-9-10-23(34)30-25(22)36/h7-8,16,22H,4-6,9-15,17-18H2,1-3H3,(H,30,34,36). The van der Waals surface area contributed by atoms with Crippen LogP contribution in [0.3, 0.4) is 0 Å². The van der Waals surface area contributed by atoms with Crippen LogP contribution in [0.25, 0.3) is 0 Å². The predicted molar refractivity (Wildman–Crippen MR) is 143 cm³/mol. The maximum atomic E-state index is 13.2. The van der Waals surface area contributed by atoms with Gasteiger partial charge < -0.3 is 14.5 Å². The zero-order chi connectivity index (χ0) is 27.9. The number of unbranched alkanes of at least 4 members (excludes halogenated alkanes) is 1. The third-order valence-corrected chi connectivity index (χ3v) is 8.26. The minimum absolute atomic E-state index is 0.105. The van der Waals surface area contributed by atoms with Crippen molar-refractivity contribution in [2.24, 2.45) is 5.41 Å². The molecule has 1 unspecified atom stereocenters. The van der Waals surface area contributed by atoms with Gasteiger partial charge in [-0.05, 0) is 83.0 Å². The third kappa shape index (κ3) is 5.71. The first-order valence-electron chi connectivity index (χ1n) is 14.0. The van der Waals surface area contributed by atoms with Gasteiger partial charge in [0.05, 0.1) is 11.1 Å². The summed E-state index contributed by atoms with van der Waals surface area (Å²) in [6, 6.07) is 4.39. The predicted octanol–water partition coefficient (Wildman–Crippen LogP) is 2.50. The summed E-state index contributed by atoms with van der Waals surface area (Å²) in [6.07, 6.45) is 4.67. The van der Waals surface area contributed by atoms with Crippen LogP contribution in [0.15, 0.2) is 18.2 Å². The number of likely N-dealkylation sites (tertiary alicyclic amines) is 1. The Morgan fingerprint density at radius 1 is 1.03 bits per heavy atom. The van der Waals surface area contributed by atoms with Crippen molar-refractivity contribution in [2.45, 2.75) is 77.4 Å². The van der Waals surface area contributed by atoms with Crippen molar-refractivity contribution in [1.29, 1.82) is 0 Å². The lowest BCUT2D eigenvalue weighted by Gasteiger charge is -2.54. The van der Waals surface area contributed by atoms with Crippen LogP contribution in [0.5, 0.6) is 0 Å². The molecular weight excluding hydrogens is 500 g/mol. The fraction of sp³-hybridized carbons (Fsp3) is 0.621. The molecule has 0 radical (unpaired) electrons. The number of nitrogens with one attached hydrogen (secondary N) is 1. The van der Waals surface area contributed by atoms with E-state index >= 15 is 0 Å². The van der Waals surface area contributed by atoms with E-state index in [0.717, 1.165) is 69.0 Å². The van der Waals surface area contributed by atoms with Crippen LogP contribution >= 0.6 is 0 Å². The molecular formula is C29H38N4O6. The Labute approximate surface area is 229 Å². The van der Waals surface area contributed by atoms with Gasteiger partial charge in [0.25, 0.3) is 11.8 Å². The summed E-state index contributed by atoms with van der Waals surface area (Å²) < 4.78 is 5.38.